The summed E-state index contributed by atoms with van der Waals surface area (Å²) < 4.78 is 12.9. The van der Waals surface area contributed by atoms with Gasteiger partial charge in [0.05, 0.1) is 18.1 Å². The number of hydrogen-bond donors (Lipinski definition) is 2. The lowest BCUT2D eigenvalue weighted by Gasteiger charge is -2.36. The average molecular weight is 699 g/mol. The van der Waals surface area contributed by atoms with Gasteiger partial charge in [0.25, 0.3) is 5.91 Å². The summed E-state index contributed by atoms with van der Waals surface area (Å²) in [6.45, 7) is 8.19. The zero-order valence-corrected chi connectivity index (χ0v) is 29.8. The number of anilines is 2. The fourth-order valence-corrected chi connectivity index (χ4v) is 8.15. The van der Waals surface area contributed by atoms with Crippen molar-refractivity contribution in [3.63, 3.8) is 0 Å². The molecule has 4 aliphatic heterocycles. The van der Waals surface area contributed by atoms with Gasteiger partial charge in [-0.2, -0.15) is 0 Å². The molecule has 2 aromatic rings. The Kier molecular flexibility index (Phi) is 11.3. The molecule has 2 saturated heterocycles. The predicted octanol–water partition coefficient (Wildman–Crippen LogP) is 4.32. The zero-order chi connectivity index (χ0) is 36.1. The maximum atomic E-state index is 15.1. The average Bonchev–Trinajstić information content (AvgIpc) is 3.78. The van der Waals surface area contributed by atoms with E-state index in [-0.39, 0.29) is 43.8 Å². The molecular weight excluding hydrogens is 648 g/mol. The summed E-state index contributed by atoms with van der Waals surface area (Å²) in [4.78, 5) is 62.5. The van der Waals surface area contributed by atoms with Crippen LogP contribution in [0.1, 0.15) is 64.5 Å². The van der Waals surface area contributed by atoms with Crippen molar-refractivity contribution >= 4 is 35.1 Å². The van der Waals surface area contributed by atoms with Gasteiger partial charge in [-0.25, -0.2) is 0 Å². The van der Waals surface area contributed by atoms with Crippen LogP contribution >= 0.6 is 0 Å². The van der Waals surface area contributed by atoms with Crippen LogP contribution in [0.15, 0.2) is 78.9 Å². The molecule has 1 spiro atoms. The van der Waals surface area contributed by atoms with Crippen LogP contribution in [0.25, 0.3) is 0 Å². The first kappa shape index (κ1) is 36.3. The van der Waals surface area contributed by atoms with Crippen LogP contribution in [0.5, 0.6) is 0 Å². The number of fused-ring (bicyclic) bond motifs is 2. The third-order valence-corrected chi connectivity index (χ3v) is 10.7. The SMILES string of the molecule is CCN(CC)c1ccc(N2C/C=C\CCC(=O)N[C@H](C)[C@@H](c3ccccc3)OC(=O)[C@@H]3[C@@H]4C=C[C@]5(O4)[C@H](C2=O)N(CCCCCO)C(=O)[C@@H]35)cc1. The van der Waals surface area contributed by atoms with Crippen molar-refractivity contribution in [1.29, 1.82) is 0 Å². The Morgan fingerprint density at radius 1 is 0.941 bits per heavy atom. The van der Waals surface area contributed by atoms with E-state index in [4.69, 9.17) is 9.47 Å². The molecule has 0 saturated carbocycles. The number of likely N-dealkylation sites (tertiary alicyclic amines) is 1. The van der Waals surface area contributed by atoms with E-state index in [1.807, 2.05) is 72.8 Å². The van der Waals surface area contributed by atoms with Crippen LogP contribution in [0.2, 0.25) is 0 Å². The number of ether oxygens (including phenoxy) is 2. The Morgan fingerprint density at radius 3 is 2.39 bits per heavy atom. The molecule has 0 unspecified atom stereocenters. The van der Waals surface area contributed by atoms with Crippen LogP contribution in [0.4, 0.5) is 11.4 Å². The van der Waals surface area contributed by atoms with Gasteiger partial charge in [-0.15, -0.1) is 0 Å². The van der Waals surface area contributed by atoms with Crippen LogP contribution in [0, 0.1) is 11.8 Å². The van der Waals surface area contributed by atoms with E-state index >= 15 is 4.79 Å². The number of cyclic esters (lactones) is 1. The molecule has 4 aliphatic rings. The monoisotopic (exact) mass is 698 g/mol. The van der Waals surface area contributed by atoms with Gasteiger partial charge in [-0.1, -0.05) is 54.6 Å². The molecule has 2 N–H and O–H groups in total. The number of rotatable bonds is 10. The number of nitrogens with one attached hydrogen (secondary N) is 1. The molecule has 5 bridgehead atoms. The van der Waals surface area contributed by atoms with E-state index in [0.29, 0.717) is 36.9 Å². The quantitative estimate of drug-likeness (QED) is 0.214. The van der Waals surface area contributed by atoms with Crippen molar-refractivity contribution in [3.8, 4) is 0 Å². The standard InChI is InChI=1S/C40H50N4O7/c1-4-42(5-2)29-18-20-30(21-19-29)43-24-12-7-11-17-32(46)41-27(3)35(28-15-9-6-10-16-28)50-39(49)33-31-22-23-40(51-31)34(33)37(47)44(36(40)38(43)48)25-13-8-14-26-45/h6-7,9-10,12,15-16,18-23,27,31,33-36,45H,4-5,8,11,13-14,17,24-26H2,1-3H3,(H,41,46)/b12-7-/t27-,31+,33-,34-,35+,36+,40-/m1/s1. The normalized spacial score (nSPS) is 30.0. The maximum absolute atomic E-state index is 15.1. The summed E-state index contributed by atoms with van der Waals surface area (Å²) in [6.07, 6.45) is 8.29. The van der Waals surface area contributed by atoms with Gasteiger partial charge >= 0.3 is 5.97 Å². The molecule has 7 atom stereocenters. The molecule has 0 aliphatic carbocycles. The zero-order valence-electron chi connectivity index (χ0n) is 29.8. The summed E-state index contributed by atoms with van der Waals surface area (Å²) in [5, 5.41) is 12.4. The Morgan fingerprint density at radius 2 is 1.69 bits per heavy atom. The minimum atomic E-state index is -1.36. The third kappa shape index (κ3) is 7.06. The fraction of sp³-hybridized carbons (Fsp3) is 0.500. The smallest absolute Gasteiger partial charge is 0.313 e. The molecule has 0 aromatic heterocycles. The number of aliphatic hydroxyl groups is 1. The lowest BCUT2D eigenvalue weighted by Crippen LogP contribution is -2.56. The minimum absolute atomic E-state index is 0.0371. The number of allylic oxidation sites excluding steroid dienone is 1. The number of unbranched alkanes of at least 4 members (excludes halogenated alkanes) is 2. The number of hydrogen-bond acceptors (Lipinski definition) is 8. The van der Waals surface area contributed by atoms with E-state index in [2.05, 4.69) is 24.1 Å². The van der Waals surface area contributed by atoms with Gasteiger partial charge in [0.2, 0.25) is 11.8 Å². The summed E-state index contributed by atoms with van der Waals surface area (Å²) in [7, 11) is 0. The van der Waals surface area contributed by atoms with Crippen molar-refractivity contribution in [2.45, 2.75) is 82.8 Å². The lowest BCUT2D eigenvalue weighted by molar-refractivity contribution is -0.161. The molecule has 51 heavy (non-hydrogen) atoms. The van der Waals surface area contributed by atoms with Crippen LogP contribution in [-0.2, 0) is 28.7 Å². The maximum Gasteiger partial charge on any atom is 0.313 e. The molecule has 272 valence electrons. The third-order valence-electron chi connectivity index (χ3n) is 10.7. The predicted molar refractivity (Wildman–Crippen MR) is 194 cm³/mol. The second kappa shape index (κ2) is 15.8. The highest BCUT2D eigenvalue weighted by Crippen LogP contribution is 2.56. The van der Waals surface area contributed by atoms with Crippen molar-refractivity contribution < 1.29 is 33.8 Å². The van der Waals surface area contributed by atoms with Crippen LogP contribution in [-0.4, -0.2) is 90.3 Å². The summed E-state index contributed by atoms with van der Waals surface area (Å²) in [5.41, 5.74) is 1.05. The summed E-state index contributed by atoms with van der Waals surface area (Å²) in [6, 6.07) is 15.5. The number of esters is 1. The molecule has 11 nitrogen and oxygen atoms in total. The number of carbonyl (C=O) groups excluding carboxylic acids is 4. The van der Waals surface area contributed by atoms with Crippen LogP contribution in [0.3, 0.4) is 0 Å². The second-order valence-corrected chi connectivity index (χ2v) is 13.8. The molecule has 3 amide bonds. The van der Waals surface area contributed by atoms with E-state index in [9.17, 15) is 19.5 Å². The van der Waals surface area contributed by atoms with E-state index in [1.165, 1.54) is 0 Å². The Balaban J connectivity index is 1.41. The minimum Gasteiger partial charge on any atom is -0.455 e. The van der Waals surface area contributed by atoms with Crippen molar-refractivity contribution in [2.75, 3.05) is 42.6 Å². The molecule has 4 heterocycles. The topological polar surface area (TPSA) is 129 Å². The van der Waals surface area contributed by atoms with E-state index in [1.54, 1.807) is 22.8 Å². The van der Waals surface area contributed by atoms with Crippen molar-refractivity contribution in [2.24, 2.45) is 11.8 Å². The summed E-state index contributed by atoms with van der Waals surface area (Å²) in [5.74, 6) is -3.38. The van der Waals surface area contributed by atoms with Gasteiger partial charge in [-0.3, -0.25) is 19.2 Å². The van der Waals surface area contributed by atoms with E-state index < -0.39 is 47.7 Å². The molecule has 2 fully saturated rings. The fourth-order valence-electron chi connectivity index (χ4n) is 8.15. The first-order chi connectivity index (χ1) is 24.7. The molecule has 11 heteroatoms. The highest BCUT2D eigenvalue weighted by Gasteiger charge is 2.73. The van der Waals surface area contributed by atoms with E-state index in [0.717, 1.165) is 18.8 Å². The summed E-state index contributed by atoms with van der Waals surface area (Å²) >= 11 is 0. The number of carbonyl (C=O) groups is 4. The van der Waals surface area contributed by atoms with Gasteiger partial charge in [0.1, 0.15) is 23.7 Å². The highest BCUT2D eigenvalue weighted by molar-refractivity contribution is 6.05. The van der Waals surface area contributed by atoms with Gasteiger partial charge in [0, 0.05) is 50.6 Å². The second-order valence-electron chi connectivity index (χ2n) is 13.8. The largest absolute Gasteiger partial charge is 0.455 e. The highest BCUT2D eigenvalue weighted by atomic mass is 16.6. The van der Waals surface area contributed by atoms with Crippen molar-refractivity contribution in [1.82, 2.24) is 10.2 Å². The molecular formula is C40H50N4O7. The van der Waals surface area contributed by atoms with Crippen molar-refractivity contribution in [3.05, 3.63) is 84.5 Å². The lowest BCUT2D eigenvalue weighted by atomic mass is 9.74. The molecule has 2 aromatic carbocycles. The number of nitrogens with zero attached hydrogens (tertiary/aromatic N) is 3. The number of aliphatic hydroxyl groups excluding tert-OH is 1. The number of benzene rings is 2. The van der Waals surface area contributed by atoms with Gasteiger partial charge in [-0.05, 0) is 76.3 Å². The Hall–Kier alpha value is -4.48. The van der Waals surface area contributed by atoms with Crippen LogP contribution < -0.4 is 15.1 Å². The first-order valence-corrected chi connectivity index (χ1v) is 18.4. The van der Waals surface area contributed by atoms with Gasteiger partial charge in [0.15, 0.2) is 0 Å². The number of amides is 3. The Labute approximate surface area is 300 Å². The molecule has 6 rings (SSSR count). The molecule has 0 radical (unpaired) electrons. The Bertz CT molecular complexity index is 1620. The first-order valence-electron chi connectivity index (χ1n) is 18.4. The van der Waals surface area contributed by atoms with Gasteiger partial charge < -0.3 is 34.6 Å².